The van der Waals surface area contributed by atoms with Gasteiger partial charge in [-0.1, -0.05) is 46.9 Å². The molecule has 0 radical (unpaired) electrons. The van der Waals surface area contributed by atoms with Gasteiger partial charge in [0.25, 0.3) is 0 Å². The number of nitrogens with zero attached hydrogens (tertiary/aromatic N) is 1. The second kappa shape index (κ2) is 9.04. The topological polar surface area (TPSA) is 58.6 Å². The summed E-state index contributed by atoms with van der Waals surface area (Å²) in [6, 6.07) is 12.1. The number of hydrogen-bond donors (Lipinski definition) is 1. The molecule has 3 rings (SSSR count). The first-order chi connectivity index (χ1) is 13.7. The van der Waals surface area contributed by atoms with E-state index in [1.165, 1.54) is 17.8 Å². The van der Waals surface area contributed by atoms with E-state index < -0.39 is 11.6 Å². The molecule has 0 aliphatic carbocycles. The molecule has 1 fully saturated rings. The van der Waals surface area contributed by atoms with E-state index in [1.807, 2.05) is 26.0 Å². The van der Waals surface area contributed by atoms with E-state index in [2.05, 4.69) is 5.32 Å². The van der Waals surface area contributed by atoms with Crippen LogP contribution in [0.1, 0.15) is 24.8 Å². The number of anilines is 1. The van der Waals surface area contributed by atoms with E-state index in [0.717, 1.165) is 5.56 Å². The molecule has 0 aromatic heterocycles. The Balaban J connectivity index is 1.66. The van der Waals surface area contributed by atoms with E-state index in [0.29, 0.717) is 26.5 Å². The van der Waals surface area contributed by atoms with Crippen molar-refractivity contribution in [1.29, 1.82) is 0 Å². The monoisotopic (exact) mass is 472 g/mol. The zero-order valence-corrected chi connectivity index (χ0v) is 18.8. The SMILES string of the molecule is CC(C)(COC(=O)Nc1ccc(Cl)c(Cl)c1)N1C(=O)CS[C@@H]1c1ccc(Cl)cc1. The number of ether oxygens (including phenoxy) is 1. The molecule has 29 heavy (non-hydrogen) atoms. The molecular weight excluding hydrogens is 455 g/mol. The lowest BCUT2D eigenvalue weighted by Crippen LogP contribution is -2.49. The normalized spacial score (nSPS) is 16.8. The van der Waals surface area contributed by atoms with Crippen LogP contribution in [0.2, 0.25) is 15.1 Å². The molecule has 1 heterocycles. The molecule has 9 heteroatoms. The summed E-state index contributed by atoms with van der Waals surface area (Å²) in [6.07, 6.45) is -0.640. The van der Waals surface area contributed by atoms with Crippen LogP contribution >= 0.6 is 46.6 Å². The fourth-order valence-corrected chi connectivity index (χ4v) is 4.76. The highest BCUT2D eigenvalue weighted by molar-refractivity contribution is 8.00. The molecule has 2 amide bonds. The lowest BCUT2D eigenvalue weighted by atomic mass is 10.0. The second-order valence-electron chi connectivity index (χ2n) is 7.12. The highest BCUT2D eigenvalue weighted by Gasteiger charge is 2.42. The minimum absolute atomic E-state index is 0.00607. The minimum Gasteiger partial charge on any atom is -0.447 e. The standard InChI is InChI=1S/C20H19Cl3N2O3S/c1-20(2,11-28-19(27)24-14-7-8-15(22)16(23)9-14)25-17(26)10-29-18(25)12-3-5-13(21)6-4-12/h3-9,18H,10-11H2,1-2H3,(H,24,27)/t18-/m1/s1. The third-order valence-corrected chi connectivity index (χ3v) is 6.60. The van der Waals surface area contributed by atoms with Gasteiger partial charge in [0.2, 0.25) is 5.91 Å². The summed E-state index contributed by atoms with van der Waals surface area (Å²) in [5.41, 5.74) is 0.729. The molecule has 1 atom stereocenters. The summed E-state index contributed by atoms with van der Waals surface area (Å²) < 4.78 is 5.39. The molecule has 5 nitrogen and oxygen atoms in total. The minimum atomic E-state index is -0.708. The number of benzene rings is 2. The molecule has 1 aliphatic heterocycles. The molecule has 1 aliphatic rings. The van der Waals surface area contributed by atoms with E-state index in [9.17, 15) is 9.59 Å². The van der Waals surface area contributed by atoms with Crippen LogP contribution < -0.4 is 5.32 Å². The molecule has 1 N–H and O–H groups in total. The van der Waals surface area contributed by atoms with Gasteiger partial charge in [-0.25, -0.2) is 4.79 Å². The van der Waals surface area contributed by atoms with Crippen molar-refractivity contribution in [2.75, 3.05) is 17.7 Å². The number of nitrogens with one attached hydrogen (secondary N) is 1. The van der Waals surface area contributed by atoms with Gasteiger partial charge in [-0.2, -0.15) is 0 Å². The maximum atomic E-state index is 12.6. The Morgan fingerprint density at radius 1 is 1.17 bits per heavy atom. The van der Waals surface area contributed by atoms with Gasteiger partial charge >= 0.3 is 6.09 Å². The zero-order chi connectivity index (χ0) is 21.2. The fourth-order valence-electron chi connectivity index (χ4n) is 2.99. The highest BCUT2D eigenvalue weighted by Crippen LogP contribution is 2.43. The lowest BCUT2D eigenvalue weighted by molar-refractivity contribution is -0.134. The Hall–Kier alpha value is -1.60. The van der Waals surface area contributed by atoms with Crippen molar-refractivity contribution in [3.8, 4) is 0 Å². The molecule has 0 saturated carbocycles. The van der Waals surface area contributed by atoms with E-state index in [-0.39, 0.29) is 17.9 Å². The average Bonchev–Trinajstić information content (AvgIpc) is 3.06. The quantitative estimate of drug-likeness (QED) is 0.558. The van der Waals surface area contributed by atoms with Crippen LogP contribution in [0.15, 0.2) is 42.5 Å². The molecular formula is C20H19Cl3N2O3S. The van der Waals surface area contributed by atoms with Crippen LogP contribution in [0.4, 0.5) is 10.5 Å². The number of carbonyl (C=O) groups is 2. The van der Waals surface area contributed by atoms with Crippen LogP contribution in [0.5, 0.6) is 0 Å². The molecule has 0 bridgehead atoms. The van der Waals surface area contributed by atoms with Gasteiger partial charge in [0.1, 0.15) is 12.0 Å². The third-order valence-electron chi connectivity index (χ3n) is 4.40. The molecule has 0 unspecified atom stereocenters. The van der Waals surface area contributed by atoms with E-state index >= 15 is 0 Å². The number of halogens is 3. The Bertz CT molecular complexity index is 922. The van der Waals surface area contributed by atoms with Gasteiger partial charge in [-0.15, -0.1) is 11.8 Å². The summed E-state index contributed by atoms with van der Waals surface area (Å²) >= 11 is 19.3. The number of carbonyl (C=O) groups excluding carboxylic acids is 2. The maximum absolute atomic E-state index is 12.6. The smallest absolute Gasteiger partial charge is 0.411 e. The van der Waals surface area contributed by atoms with Gasteiger partial charge in [0, 0.05) is 10.7 Å². The number of amides is 2. The molecule has 1 saturated heterocycles. The van der Waals surface area contributed by atoms with Gasteiger partial charge < -0.3 is 9.64 Å². The predicted octanol–water partition coefficient (Wildman–Crippen LogP) is 6.25. The predicted molar refractivity (Wildman–Crippen MR) is 119 cm³/mol. The third kappa shape index (κ3) is 5.31. The summed E-state index contributed by atoms with van der Waals surface area (Å²) in [7, 11) is 0. The summed E-state index contributed by atoms with van der Waals surface area (Å²) in [6.45, 7) is 3.76. The Kier molecular flexibility index (Phi) is 6.89. The van der Waals surface area contributed by atoms with Crippen molar-refractivity contribution in [2.45, 2.75) is 24.8 Å². The van der Waals surface area contributed by atoms with Crippen LogP contribution in [-0.2, 0) is 9.53 Å². The lowest BCUT2D eigenvalue weighted by Gasteiger charge is -2.38. The fraction of sp³-hybridized carbons (Fsp3) is 0.300. The van der Waals surface area contributed by atoms with Crippen LogP contribution in [0, 0.1) is 0 Å². The van der Waals surface area contributed by atoms with E-state index in [4.69, 9.17) is 39.5 Å². The highest BCUT2D eigenvalue weighted by atomic mass is 35.5. The zero-order valence-electron chi connectivity index (χ0n) is 15.7. The van der Waals surface area contributed by atoms with Crippen molar-refractivity contribution in [2.24, 2.45) is 0 Å². The molecule has 154 valence electrons. The van der Waals surface area contributed by atoms with Gasteiger partial charge in [0.15, 0.2) is 0 Å². The molecule has 2 aromatic carbocycles. The van der Waals surface area contributed by atoms with Gasteiger partial charge in [-0.05, 0) is 49.7 Å². The van der Waals surface area contributed by atoms with Crippen molar-refractivity contribution >= 4 is 64.3 Å². The molecule has 2 aromatic rings. The Morgan fingerprint density at radius 3 is 2.52 bits per heavy atom. The number of thioether (sulfide) groups is 1. The van der Waals surface area contributed by atoms with Crippen molar-refractivity contribution in [1.82, 2.24) is 4.90 Å². The summed E-state index contributed by atoms with van der Waals surface area (Å²) in [4.78, 5) is 26.5. The van der Waals surface area contributed by atoms with Crippen LogP contribution in [0.25, 0.3) is 0 Å². The van der Waals surface area contributed by atoms with Crippen molar-refractivity contribution in [3.63, 3.8) is 0 Å². The second-order valence-corrected chi connectivity index (χ2v) is 9.44. The van der Waals surface area contributed by atoms with E-state index in [1.54, 1.807) is 29.2 Å². The molecule has 0 spiro atoms. The van der Waals surface area contributed by atoms with Crippen molar-refractivity contribution in [3.05, 3.63) is 63.1 Å². The maximum Gasteiger partial charge on any atom is 0.411 e. The first-order valence-corrected chi connectivity index (χ1v) is 10.9. The van der Waals surface area contributed by atoms with Crippen LogP contribution in [-0.4, -0.2) is 34.8 Å². The largest absolute Gasteiger partial charge is 0.447 e. The number of rotatable bonds is 5. The van der Waals surface area contributed by atoms with Crippen molar-refractivity contribution < 1.29 is 14.3 Å². The summed E-state index contributed by atoms with van der Waals surface area (Å²) in [5.74, 6) is 0.361. The summed E-state index contributed by atoms with van der Waals surface area (Å²) in [5, 5.41) is 3.79. The van der Waals surface area contributed by atoms with Gasteiger partial charge in [-0.3, -0.25) is 10.1 Å². The number of hydrogen-bond acceptors (Lipinski definition) is 4. The Labute approximate surface area is 188 Å². The first-order valence-electron chi connectivity index (χ1n) is 8.75. The Morgan fingerprint density at radius 2 is 1.86 bits per heavy atom. The van der Waals surface area contributed by atoms with Crippen LogP contribution in [0.3, 0.4) is 0 Å². The van der Waals surface area contributed by atoms with Gasteiger partial charge in [0.05, 0.1) is 21.3 Å². The first kappa shape index (κ1) is 22.1. The average molecular weight is 474 g/mol.